The van der Waals surface area contributed by atoms with Gasteiger partial charge in [-0.15, -0.1) is 0 Å². The third-order valence-electron chi connectivity index (χ3n) is 3.78. The van der Waals surface area contributed by atoms with Crippen LogP contribution in [-0.2, 0) is 6.42 Å². The Hall–Kier alpha value is -0.160. The molecule has 1 atom stereocenters. The second kappa shape index (κ2) is 8.41. The summed E-state index contributed by atoms with van der Waals surface area (Å²) in [5, 5.41) is 0. The molecule has 0 aromatic heterocycles. The molecule has 0 aliphatic rings. The molecule has 0 aliphatic carbocycles. The number of benzene rings is 1. The summed E-state index contributed by atoms with van der Waals surface area (Å²) in [6.45, 7) is 0. The summed E-state index contributed by atoms with van der Waals surface area (Å²) in [5.74, 6) is -35.0. The van der Waals surface area contributed by atoms with Crippen molar-refractivity contribution >= 4 is 45.2 Å². The van der Waals surface area contributed by atoms with E-state index >= 15 is 0 Å². The molecule has 29 heavy (non-hydrogen) atoms. The number of halogens is 14. The first kappa shape index (κ1) is 26.9. The van der Waals surface area contributed by atoms with Crippen LogP contribution in [0.2, 0.25) is 0 Å². The van der Waals surface area contributed by atoms with E-state index in [0.29, 0.717) is 5.56 Å². The molecule has 0 radical (unpaired) electrons. The van der Waals surface area contributed by atoms with Gasteiger partial charge in [-0.1, -0.05) is 52.9 Å². The van der Waals surface area contributed by atoms with E-state index in [4.69, 9.17) is 0 Å². The van der Waals surface area contributed by atoms with Gasteiger partial charge in [-0.25, -0.2) is 0 Å². The first-order chi connectivity index (χ1) is 12.7. The monoisotopic (exact) mass is 672 g/mol. The topological polar surface area (TPSA) is 0 Å². The summed E-state index contributed by atoms with van der Waals surface area (Å²) >= 11 is 0.509. The van der Waals surface area contributed by atoms with Crippen LogP contribution in [0.4, 0.5) is 52.7 Å². The van der Waals surface area contributed by atoms with E-state index in [1.807, 2.05) is 0 Å². The summed E-state index contributed by atoms with van der Waals surface area (Å²) in [5.41, 5.74) is 0.319. The zero-order chi connectivity index (χ0) is 23.1. The largest absolute Gasteiger partial charge is 0.387 e. The van der Waals surface area contributed by atoms with E-state index in [9.17, 15) is 52.7 Å². The molecule has 0 aliphatic heterocycles. The molecule has 1 rings (SSSR count). The highest BCUT2D eigenvalue weighted by atomic mass is 127. The van der Waals surface area contributed by atoms with Gasteiger partial charge in [0.25, 0.3) is 0 Å². The van der Waals surface area contributed by atoms with Crippen LogP contribution < -0.4 is 0 Å². The van der Waals surface area contributed by atoms with Gasteiger partial charge in [0, 0.05) is 32.9 Å². The molecule has 168 valence electrons. The van der Waals surface area contributed by atoms with Gasteiger partial charge in [-0.05, 0) is 12.0 Å². The predicted octanol–water partition coefficient (Wildman–Crippen LogP) is 7.63. The van der Waals surface area contributed by atoms with Crippen LogP contribution in [-0.4, -0.2) is 37.5 Å². The average molecular weight is 672 g/mol. The van der Waals surface area contributed by atoms with Crippen molar-refractivity contribution in [2.45, 2.75) is 50.3 Å². The molecule has 0 N–H and O–H groups in total. The Labute approximate surface area is 183 Å². The number of hydrogen-bond acceptors (Lipinski definition) is 0. The highest BCUT2D eigenvalue weighted by Crippen LogP contribution is 2.61. The average Bonchev–Trinajstić information content (AvgIpc) is 2.53. The molecule has 1 aromatic rings. The Morgan fingerprint density at radius 1 is 0.655 bits per heavy atom. The summed E-state index contributed by atoms with van der Waals surface area (Å²) in [6.07, 6.45) is -2.47. The standard InChI is InChI=1S/C15H10F12I2/c16-10(17,7-9(28)6-8-4-2-1-3-5-8)11(18,19)12(20,21)13(22,23)14(24,25)15(26,27)29/h1-5,9H,6-7H2. The molecule has 1 aromatic carbocycles. The lowest BCUT2D eigenvalue weighted by molar-refractivity contribution is -0.414. The van der Waals surface area contributed by atoms with Crippen molar-refractivity contribution in [3.8, 4) is 0 Å². The van der Waals surface area contributed by atoms with Crippen LogP contribution in [0.1, 0.15) is 12.0 Å². The smallest absolute Gasteiger partial charge is 0.200 e. The fourth-order valence-electron chi connectivity index (χ4n) is 2.15. The van der Waals surface area contributed by atoms with E-state index < -0.39 is 66.5 Å². The molecule has 0 amide bonds. The lowest BCUT2D eigenvalue weighted by Crippen LogP contribution is -2.70. The van der Waals surface area contributed by atoms with Gasteiger partial charge in [0.05, 0.1) is 0 Å². The zero-order valence-corrected chi connectivity index (χ0v) is 18.0. The van der Waals surface area contributed by atoms with E-state index in [2.05, 4.69) is 0 Å². The van der Waals surface area contributed by atoms with Crippen molar-refractivity contribution in [1.29, 1.82) is 0 Å². The molecule has 0 bridgehead atoms. The third kappa shape index (κ3) is 4.86. The lowest BCUT2D eigenvalue weighted by Gasteiger charge is -2.40. The highest BCUT2D eigenvalue weighted by Gasteiger charge is 2.89. The molecular weight excluding hydrogens is 662 g/mol. The second-order valence-electron chi connectivity index (χ2n) is 5.99. The van der Waals surface area contributed by atoms with Crippen LogP contribution in [0.3, 0.4) is 0 Å². The molecule has 0 spiro atoms. The van der Waals surface area contributed by atoms with Gasteiger partial charge >= 0.3 is 33.5 Å². The van der Waals surface area contributed by atoms with Crippen LogP contribution >= 0.6 is 45.2 Å². The Bertz CT molecular complexity index is 684. The molecule has 0 saturated heterocycles. The minimum Gasteiger partial charge on any atom is -0.200 e. The molecule has 0 nitrogen and oxygen atoms in total. The van der Waals surface area contributed by atoms with E-state index in [-0.39, 0.29) is 6.42 Å². The molecule has 0 heterocycles. The van der Waals surface area contributed by atoms with E-state index in [0.717, 1.165) is 0 Å². The summed E-state index contributed by atoms with van der Waals surface area (Å²) in [4.78, 5) is 0. The lowest BCUT2D eigenvalue weighted by atomic mass is 9.91. The minimum atomic E-state index is -7.50. The van der Waals surface area contributed by atoms with Crippen LogP contribution in [0, 0.1) is 0 Å². The predicted molar refractivity (Wildman–Crippen MR) is 96.3 cm³/mol. The Morgan fingerprint density at radius 2 is 1.07 bits per heavy atom. The van der Waals surface area contributed by atoms with Gasteiger partial charge in [0.15, 0.2) is 0 Å². The normalized spacial score (nSPS) is 16.1. The van der Waals surface area contributed by atoms with Gasteiger partial charge in [-0.2, -0.15) is 52.7 Å². The van der Waals surface area contributed by atoms with Crippen molar-refractivity contribution in [3.05, 3.63) is 35.9 Å². The number of alkyl halides is 14. The Balaban J connectivity index is 3.21. The quantitative estimate of drug-likeness (QED) is 0.144. The van der Waals surface area contributed by atoms with Gasteiger partial charge in [-0.3, -0.25) is 0 Å². The molecule has 1 unspecified atom stereocenters. The van der Waals surface area contributed by atoms with Crippen LogP contribution in [0.5, 0.6) is 0 Å². The van der Waals surface area contributed by atoms with Crippen molar-refractivity contribution in [2.24, 2.45) is 0 Å². The fraction of sp³-hybridized carbons (Fsp3) is 0.600. The fourth-order valence-corrected chi connectivity index (χ4v) is 3.55. The maximum absolute atomic E-state index is 13.9. The second-order valence-corrected chi connectivity index (χ2v) is 9.11. The van der Waals surface area contributed by atoms with Crippen LogP contribution in [0.15, 0.2) is 30.3 Å². The van der Waals surface area contributed by atoms with E-state index in [1.165, 1.54) is 52.9 Å². The van der Waals surface area contributed by atoms with Gasteiger partial charge < -0.3 is 0 Å². The van der Waals surface area contributed by atoms with Gasteiger partial charge in [0.1, 0.15) is 0 Å². The highest BCUT2D eigenvalue weighted by molar-refractivity contribution is 14.1. The Kier molecular flexibility index (Phi) is 7.79. The summed E-state index contributed by atoms with van der Waals surface area (Å²) in [6, 6.07) is 7.19. The molecular formula is C15H10F12I2. The Morgan fingerprint density at radius 3 is 1.48 bits per heavy atom. The molecule has 0 saturated carbocycles. The molecule has 14 heteroatoms. The van der Waals surface area contributed by atoms with Crippen molar-refractivity contribution < 1.29 is 52.7 Å². The zero-order valence-electron chi connectivity index (χ0n) is 13.7. The number of hydrogen-bond donors (Lipinski definition) is 0. The van der Waals surface area contributed by atoms with Crippen molar-refractivity contribution in [3.63, 3.8) is 0 Å². The summed E-state index contributed by atoms with van der Waals surface area (Å²) in [7, 11) is 0. The molecule has 0 fully saturated rings. The van der Waals surface area contributed by atoms with Crippen molar-refractivity contribution in [1.82, 2.24) is 0 Å². The van der Waals surface area contributed by atoms with Crippen molar-refractivity contribution in [2.75, 3.05) is 0 Å². The first-order valence-electron chi connectivity index (χ1n) is 7.36. The maximum atomic E-state index is 13.9. The van der Waals surface area contributed by atoms with Gasteiger partial charge in [0.2, 0.25) is 0 Å². The number of rotatable bonds is 9. The first-order valence-corrected chi connectivity index (χ1v) is 9.68. The van der Waals surface area contributed by atoms with Crippen LogP contribution in [0.25, 0.3) is 0 Å². The SMILES string of the molecule is FC(F)(I)C(F)(F)C(F)(F)C(F)(F)C(F)(F)C(F)(F)CC(I)Cc1ccccc1. The minimum absolute atomic E-state index is 0.319. The third-order valence-corrected chi connectivity index (χ3v) is 5.33. The summed E-state index contributed by atoms with van der Waals surface area (Å²) < 4.78 is 153. The van der Waals surface area contributed by atoms with E-state index in [1.54, 1.807) is 0 Å². The maximum Gasteiger partial charge on any atom is 0.387 e.